The van der Waals surface area contributed by atoms with E-state index in [4.69, 9.17) is 0 Å². The van der Waals surface area contributed by atoms with Crippen molar-refractivity contribution in [1.29, 1.82) is 0 Å². The van der Waals surface area contributed by atoms with Gasteiger partial charge in [0.2, 0.25) is 10.0 Å². The molecule has 0 aliphatic carbocycles. The first-order chi connectivity index (χ1) is 12.6. The Morgan fingerprint density at radius 3 is 2.48 bits per heavy atom. The second kappa shape index (κ2) is 8.60. The van der Waals surface area contributed by atoms with E-state index in [2.05, 4.69) is 5.32 Å². The molecule has 8 heteroatoms. The van der Waals surface area contributed by atoms with E-state index in [-0.39, 0.29) is 16.6 Å². The van der Waals surface area contributed by atoms with Crippen LogP contribution < -0.4 is 10.2 Å². The zero-order valence-corrected chi connectivity index (χ0v) is 16.7. The van der Waals surface area contributed by atoms with E-state index in [1.807, 2.05) is 7.05 Å². The quantitative estimate of drug-likeness (QED) is 0.739. The first-order valence-corrected chi connectivity index (χ1v) is 9.96. The Kier molecular flexibility index (Phi) is 6.69. The Bertz CT molecular complexity index is 916. The molecular weight excluding hydrogens is 369 g/mol. The molecule has 0 aromatic heterocycles. The molecule has 1 amide bonds. The number of rotatable bonds is 7. The van der Waals surface area contributed by atoms with Crippen LogP contribution in [0.2, 0.25) is 0 Å². The third kappa shape index (κ3) is 5.12. The maximum Gasteiger partial charge on any atom is 0.282 e. The molecule has 146 valence electrons. The minimum atomic E-state index is -3.58. The third-order valence-electron chi connectivity index (χ3n) is 4.44. The Balaban J connectivity index is 2.09. The van der Waals surface area contributed by atoms with Crippen LogP contribution in [0.25, 0.3) is 0 Å². The fourth-order valence-corrected chi connectivity index (χ4v) is 3.46. The number of anilines is 1. The van der Waals surface area contributed by atoms with Gasteiger partial charge in [-0.25, -0.2) is 17.1 Å². The van der Waals surface area contributed by atoms with Crippen LogP contribution in [-0.2, 0) is 21.4 Å². The molecule has 2 aromatic rings. The van der Waals surface area contributed by atoms with Crippen LogP contribution in [0, 0.1) is 5.82 Å². The summed E-state index contributed by atoms with van der Waals surface area (Å²) in [6.07, 6.45) is 0. The first kappa shape index (κ1) is 21.0. The summed E-state index contributed by atoms with van der Waals surface area (Å²) in [4.78, 5) is 13.5. The lowest BCUT2D eigenvalue weighted by Crippen LogP contribution is -3.12. The maximum absolute atomic E-state index is 13.8. The molecule has 0 aliphatic heterocycles. The van der Waals surface area contributed by atoms with Gasteiger partial charge in [0, 0.05) is 25.3 Å². The SMILES string of the molecule is C[C@@H](C(=O)Nc1cccc(S(=O)(=O)N(C)C)c1)[NH+](C)Cc1ccccc1F. The normalized spacial score (nSPS) is 14.0. The average molecular weight is 394 g/mol. The fourth-order valence-electron chi connectivity index (χ4n) is 2.51. The zero-order valence-electron chi connectivity index (χ0n) is 15.9. The monoisotopic (exact) mass is 394 g/mol. The van der Waals surface area contributed by atoms with Gasteiger partial charge in [-0.3, -0.25) is 4.79 Å². The van der Waals surface area contributed by atoms with Crippen molar-refractivity contribution in [2.45, 2.75) is 24.4 Å². The lowest BCUT2D eigenvalue weighted by Gasteiger charge is -2.21. The van der Waals surface area contributed by atoms with Crippen LogP contribution in [0.3, 0.4) is 0 Å². The number of carbonyl (C=O) groups excluding carboxylic acids is 1. The van der Waals surface area contributed by atoms with Crippen LogP contribution >= 0.6 is 0 Å². The molecule has 1 unspecified atom stereocenters. The van der Waals surface area contributed by atoms with Crippen LogP contribution in [-0.4, -0.2) is 45.8 Å². The number of amides is 1. The molecule has 27 heavy (non-hydrogen) atoms. The number of benzene rings is 2. The molecule has 0 radical (unpaired) electrons. The van der Waals surface area contributed by atoms with E-state index in [9.17, 15) is 17.6 Å². The van der Waals surface area contributed by atoms with Gasteiger partial charge in [-0.2, -0.15) is 0 Å². The molecule has 2 N–H and O–H groups in total. The average Bonchev–Trinajstić information content (AvgIpc) is 2.63. The van der Waals surface area contributed by atoms with Crippen molar-refractivity contribution in [3.63, 3.8) is 0 Å². The van der Waals surface area contributed by atoms with Crippen LogP contribution in [0.4, 0.5) is 10.1 Å². The minimum Gasteiger partial charge on any atom is -0.324 e. The summed E-state index contributed by atoms with van der Waals surface area (Å²) in [5.74, 6) is -0.575. The number of nitrogens with zero attached hydrogens (tertiary/aromatic N) is 1. The molecule has 0 spiro atoms. The third-order valence-corrected chi connectivity index (χ3v) is 6.25. The predicted octanol–water partition coefficient (Wildman–Crippen LogP) is 1.12. The Hall–Kier alpha value is -2.29. The van der Waals surface area contributed by atoms with Crippen molar-refractivity contribution < 1.29 is 22.5 Å². The number of sulfonamides is 1. The van der Waals surface area contributed by atoms with Crippen LogP contribution in [0.1, 0.15) is 12.5 Å². The van der Waals surface area contributed by atoms with Crippen LogP contribution in [0.15, 0.2) is 53.4 Å². The van der Waals surface area contributed by atoms with Gasteiger partial charge < -0.3 is 10.2 Å². The van der Waals surface area contributed by atoms with Gasteiger partial charge in [-0.1, -0.05) is 24.3 Å². The smallest absolute Gasteiger partial charge is 0.282 e. The van der Waals surface area contributed by atoms with E-state index in [0.717, 1.165) is 9.21 Å². The molecule has 0 heterocycles. The number of likely N-dealkylation sites (N-methyl/N-ethyl adjacent to an activating group) is 1. The van der Waals surface area contributed by atoms with Gasteiger partial charge in [0.25, 0.3) is 5.91 Å². The summed E-state index contributed by atoms with van der Waals surface area (Å²) in [5, 5.41) is 2.74. The van der Waals surface area contributed by atoms with Crippen LogP contribution in [0.5, 0.6) is 0 Å². The van der Waals surface area contributed by atoms with Crippen molar-refractivity contribution in [1.82, 2.24) is 4.31 Å². The molecule has 0 saturated carbocycles. The van der Waals surface area contributed by atoms with Crippen molar-refractivity contribution in [3.05, 3.63) is 59.9 Å². The van der Waals surface area contributed by atoms with Gasteiger partial charge in [0.05, 0.1) is 11.9 Å². The second-order valence-electron chi connectivity index (χ2n) is 6.64. The molecule has 2 atom stereocenters. The minimum absolute atomic E-state index is 0.102. The summed E-state index contributed by atoms with van der Waals surface area (Å²) >= 11 is 0. The highest BCUT2D eigenvalue weighted by Gasteiger charge is 2.24. The first-order valence-electron chi connectivity index (χ1n) is 8.52. The number of halogens is 1. The summed E-state index contributed by atoms with van der Waals surface area (Å²) in [5.41, 5.74) is 0.933. The Morgan fingerprint density at radius 1 is 1.19 bits per heavy atom. The number of carbonyl (C=O) groups is 1. The summed E-state index contributed by atoms with van der Waals surface area (Å²) in [6, 6.07) is 12.1. The standard InChI is InChI=1S/C19H24FN3O3S/c1-14(23(4)13-15-8-5-6-11-18(15)20)19(24)21-16-9-7-10-17(12-16)27(25,26)22(2)3/h5-12,14H,13H2,1-4H3,(H,21,24)/p+1/t14-/m0/s1. The second-order valence-corrected chi connectivity index (χ2v) is 8.79. The summed E-state index contributed by atoms with van der Waals surface area (Å²) in [6.45, 7) is 2.10. The molecule has 0 saturated heterocycles. The lowest BCUT2D eigenvalue weighted by molar-refractivity contribution is -0.908. The van der Waals surface area contributed by atoms with E-state index in [0.29, 0.717) is 17.8 Å². The molecule has 0 bridgehead atoms. The van der Waals surface area contributed by atoms with Gasteiger partial charge in [-0.05, 0) is 31.2 Å². The Morgan fingerprint density at radius 2 is 1.85 bits per heavy atom. The van der Waals surface area contributed by atoms with E-state index in [1.165, 1.54) is 32.3 Å². The topological polar surface area (TPSA) is 70.9 Å². The van der Waals surface area contributed by atoms with Gasteiger partial charge in [0.15, 0.2) is 6.04 Å². The predicted molar refractivity (Wildman–Crippen MR) is 102 cm³/mol. The Labute approximate surface area is 159 Å². The van der Waals surface area contributed by atoms with Crippen molar-refractivity contribution in [2.24, 2.45) is 0 Å². The lowest BCUT2D eigenvalue weighted by atomic mass is 10.1. The number of hydrogen-bond donors (Lipinski definition) is 2. The van der Waals surface area contributed by atoms with E-state index in [1.54, 1.807) is 37.3 Å². The van der Waals surface area contributed by atoms with E-state index < -0.39 is 16.1 Å². The highest BCUT2D eigenvalue weighted by molar-refractivity contribution is 7.89. The largest absolute Gasteiger partial charge is 0.324 e. The molecule has 2 aromatic carbocycles. The van der Waals surface area contributed by atoms with E-state index >= 15 is 0 Å². The molecule has 0 fully saturated rings. The van der Waals surface area contributed by atoms with Crippen molar-refractivity contribution in [3.8, 4) is 0 Å². The number of quaternary nitrogens is 1. The maximum atomic E-state index is 13.8. The van der Waals surface area contributed by atoms with Crippen molar-refractivity contribution in [2.75, 3.05) is 26.5 Å². The fraction of sp³-hybridized carbons (Fsp3) is 0.316. The summed E-state index contributed by atoms with van der Waals surface area (Å²) < 4.78 is 39.4. The molecular formula is C19H25FN3O3S+. The van der Waals surface area contributed by atoms with Gasteiger partial charge in [0.1, 0.15) is 12.4 Å². The van der Waals surface area contributed by atoms with Gasteiger partial charge in [-0.15, -0.1) is 0 Å². The summed E-state index contributed by atoms with van der Waals surface area (Å²) in [7, 11) is 1.12. The highest BCUT2D eigenvalue weighted by Crippen LogP contribution is 2.18. The number of nitrogens with one attached hydrogen (secondary N) is 2. The highest BCUT2D eigenvalue weighted by atomic mass is 32.2. The molecule has 2 rings (SSSR count). The molecule has 0 aliphatic rings. The van der Waals surface area contributed by atoms with Gasteiger partial charge >= 0.3 is 0 Å². The number of hydrogen-bond acceptors (Lipinski definition) is 3. The zero-order chi connectivity index (χ0) is 20.2. The molecule has 6 nitrogen and oxygen atoms in total. The van der Waals surface area contributed by atoms with Crippen molar-refractivity contribution >= 4 is 21.6 Å².